The number of nitrogens with two attached hydrogens (primary N) is 2. The van der Waals surface area contributed by atoms with Crippen LogP contribution in [0.25, 0.3) is 22.3 Å². The Morgan fingerprint density at radius 3 is 2.09 bits per heavy atom. The Balaban J connectivity index is 0.000000220. The zero-order valence-electron chi connectivity index (χ0n) is 36.1. The molecular weight excluding hydrogens is 916 g/mol. The number of aromatic nitrogens is 4. The van der Waals surface area contributed by atoms with E-state index in [4.69, 9.17) is 42.8 Å². The summed E-state index contributed by atoms with van der Waals surface area (Å²) in [4.78, 5) is 41.0. The van der Waals surface area contributed by atoms with Gasteiger partial charge in [0.1, 0.15) is 34.7 Å². The number of nitrogens with one attached hydrogen (secondary N) is 1. The normalized spacial score (nSPS) is 11.7. The summed E-state index contributed by atoms with van der Waals surface area (Å²) in [5.41, 5.74) is 12.7. The topological polar surface area (TPSA) is 255 Å². The molecule has 7 N–H and O–H groups in total. The molecule has 1 atom stereocenters. The average Bonchev–Trinajstić information content (AvgIpc) is 3.57. The van der Waals surface area contributed by atoms with Crippen molar-refractivity contribution in [2.24, 2.45) is 7.05 Å². The van der Waals surface area contributed by atoms with Gasteiger partial charge >= 0.3 is 18.0 Å². The summed E-state index contributed by atoms with van der Waals surface area (Å²) in [6.45, 7) is 5.00. The van der Waals surface area contributed by atoms with Crippen molar-refractivity contribution in [3.05, 3.63) is 124 Å². The lowest BCUT2D eigenvalue weighted by Gasteiger charge is -2.22. The first-order valence-electron chi connectivity index (χ1n) is 19.2. The molecule has 0 aliphatic heterocycles. The van der Waals surface area contributed by atoms with Crippen molar-refractivity contribution in [3.63, 3.8) is 0 Å². The number of aliphatic carboxylic acids is 1. The highest BCUT2D eigenvalue weighted by molar-refractivity contribution is 7.92. The summed E-state index contributed by atoms with van der Waals surface area (Å²) in [6.07, 6.45) is -1.52. The van der Waals surface area contributed by atoms with Gasteiger partial charge in [-0.1, -0.05) is 29.8 Å². The van der Waals surface area contributed by atoms with Crippen LogP contribution in [0.5, 0.6) is 5.75 Å². The number of fused-ring (bicyclic) bond motifs is 1. The highest BCUT2D eigenvalue weighted by Gasteiger charge is 2.27. The monoisotopic (exact) mass is 960 g/mol. The lowest BCUT2D eigenvalue weighted by atomic mass is 10.1. The molecule has 0 fully saturated rings. The van der Waals surface area contributed by atoms with E-state index in [1.54, 1.807) is 71.3 Å². The molecule has 2 aromatic heterocycles. The van der Waals surface area contributed by atoms with Gasteiger partial charge in [0.2, 0.25) is 10.0 Å². The first-order chi connectivity index (χ1) is 30.8. The first kappa shape index (κ1) is 51.4. The number of methoxy groups -OCH3 is 1. The number of hydrogen-bond donors (Lipinski definition) is 5. The van der Waals surface area contributed by atoms with Gasteiger partial charge in [0.25, 0.3) is 6.43 Å². The fraction of sp³-hybridized carbons (Fsp3) is 0.256. The van der Waals surface area contributed by atoms with Gasteiger partial charge in [-0.15, -0.1) is 0 Å². The minimum Gasteiger partial charge on any atom is -0.497 e. The van der Waals surface area contributed by atoms with Crippen LogP contribution >= 0.6 is 11.6 Å². The van der Waals surface area contributed by atoms with Crippen LogP contribution in [0.2, 0.25) is 5.02 Å². The lowest BCUT2D eigenvalue weighted by molar-refractivity contribution is -0.139. The number of alkyl carbamates (subject to hydrolysis) is 1. The Labute approximate surface area is 381 Å². The van der Waals surface area contributed by atoms with Crippen molar-refractivity contribution in [3.8, 4) is 17.1 Å². The first-order valence-corrected chi connectivity index (χ1v) is 21.4. The van der Waals surface area contributed by atoms with E-state index < -0.39 is 63.5 Å². The van der Waals surface area contributed by atoms with Gasteiger partial charge < -0.3 is 36.5 Å². The molecule has 0 saturated carbocycles. The predicted octanol–water partition coefficient (Wildman–Crippen LogP) is 7.63. The molecule has 66 heavy (non-hydrogen) atoms. The van der Waals surface area contributed by atoms with Crippen molar-refractivity contribution in [2.75, 3.05) is 29.1 Å². The Kier molecular flexibility index (Phi) is 16.9. The molecule has 0 aliphatic rings. The van der Waals surface area contributed by atoms with E-state index in [2.05, 4.69) is 20.4 Å². The second-order valence-electron chi connectivity index (χ2n) is 15.2. The van der Waals surface area contributed by atoms with Crippen LogP contribution in [0.1, 0.15) is 54.4 Å². The molecule has 6 rings (SSSR count). The summed E-state index contributed by atoms with van der Waals surface area (Å²) in [7, 11) is -0.338. The molecule has 4 aromatic carbocycles. The van der Waals surface area contributed by atoms with Crippen molar-refractivity contribution in [1.82, 2.24) is 25.1 Å². The maximum Gasteiger partial charge on any atom is 0.408 e. The zero-order chi connectivity index (χ0) is 49.3. The van der Waals surface area contributed by atoms with E-state index in [1.807, 2.05) is 0 Å². The van der Waals surface area contributed by atoms with E-state index in [0.29, 0.717) is 39.0 Å². The minimum absolute atomic E-state index is 0.0241. The molecular formula is C43H45ClF4N8O9S. The lowest BCUT2D eigenvalue weighted by Crippen LogP contribution is -2.44. The molecule has 352 valence electrons. The summed E-state index contributed by atoms with van der Waals surface area (Å²) in [5, 5.41) is 25.3. The van der Waals surface area contributed by atoms with Gasteiger partial charge in [-0.25, -0.2) is 54.6 Å². The number of carboxylic acid groups (broad SMARTS) is 2. The molecule has 17 nitrogen and oxygen atoms in total. The van der Waals surface area contributed by atoms with E-state index in [-0.39, 0.29) is 41.4 Å². The fourth-order valence-electron chi connectivity index (χ4n) is 5.95. The number of benzene rings is 4. The third-order valence-electron chi connectivity index (χ3n) is 8.86. The molecule has 0 saturated heterocycles. The maximum atomic E-state index is 13.1. The smallest absolute Gasteiger partial charge is 0.408 e. The number of nitrogens with zero attached hydrogens (tertiary/aromatic N) is 5. The Hall–Kier alpha value is -7.20. The van der Waals surface area contributed by atoms with Gasteiger partial charge in [-0.2, -0.15) is 5.10 Å². The van der Waals surface area contributed by atoms with Crippen molar-refractivity contribution in [1.29, 1.82) is 0 Å². The molecule has 0 unspecified atom stereocenters. The molecule has 0 bridgehead atoms. The summed E-state index contributed by atoms with van der Waals surface area (Å²) in [6, 6.07) is 17.0. The van der Waals surface area contributed by atoms with Gasteiger partial charge in [-0.3, -0.25) is 4.68 Å². The van der Waals surface area contributed by atoms with E-state index in [1.165, 1.54) is 33.4 Å². The Morgan fingerprint density at radius 2 is 1.56 bits per heavy atom. The summed E-state index contributed by atoms with van der Waals surface area (Å²) in [5.74, 6) is -3.10. The Bertz CT molecular complexity index is 2810. The number of carboxylic acids is 2. The van der Waals surface area contributed by atoms with Crippen LogP contribution in [-0.4, -0.2) is 81.4 Å². The van der Waals surface area contributed by atoms with Crippen molar-refractivity contribution in [2.45, 2.75) is 51.8 Å². The number of rotatable bonds is 12. The molecule has 23 heteroatoms. The van der Waals surface area contributed by atoms with Crippen LogP contribution in [0.4, 0.5) is 39.5 Å². The molecule has 1 amide bonds. The largest absolute Gasteiger partial charge is 0.497 e. The molecule has 0 aliphatic carbocycles. The number of carbonyl (C=O) groups is 3. The van der Waals surface area contributed by atoms with Crippen molar-refractivity contribution < 1.29 is 60.0 Å². The number of hydrogen-bond acceptors (Lipinski definition) is 12. The minimum atomic E-state index is -3.61. The molecule has 2 heterocycles. The van der Waals surface area contributed by atoms with Crippen LogP contribution < -0.4 is 25.8 Å². The third-order valence-corrected chi connectivity index (χ3v) is 10.3. The molecule has 6 aromatic rings. The predicted molar refractivity (Wildman–Crippen MR) is 239 cm³/mol. The van der Waals surface area contributed by atoms with Crippen LogP contribution in [-0.2, 0) is 39.6 Å². The number of aromatic carboxylic acids is 1. The fourth-order valence-corrected chi connectivity index (χ4v) is 7.01. The second-order valence-corrected chi connectivity index (χ2v) is 17.5. The number of ether oxygens (including phenoxy) is 2. The number of amides is 1. The van der Waals surface area contributed by atoms with Crippen LogP contribution in [0, 0.1) is 11.6 Å². The van der Waals surface area contributed by atoms with Gasteiger partial charge in [0.05, 0.1) is 47.1 Å². The number of aryl methyl sites for hydroxylation is 1. The van der Waals surface area contributed by atoms with Gasteiger partial charge in [0.15, 0.2) is 11.6 Å². The molecule has 0 radical (unpaired) electrons. The number of nitrogen functional groups attached to an aromatic ring is 2. The van der Waals surface area contributed by atoms with E-state index >= 15 is 0 Å². The summed E-state index contributed by atoms with van der Waals surface area (Å²) < 4.78 is 89.0. The standard InChI is InChI=1S/C17H19ClN4O3S.C14H17F2NO4.C12H9F2N3O2/c1-21-16-14(19)9-8-13(18)15(16)17(20-21)22(26(3,23)24)10-11-4-6-12(25-2)7-5-11;1-14(2,3)21-13(20)17-11(12(18)19)6-8-4-9(15)7-10(16)5-8;13-10(14)9-3-4-16-11(17-9)6-1-2-7(12(18)19)8(15)5-6/h4-9H,10,19H2,1-3H3;4-5,7,11H,6H2,1-3H3,(H,17,20)(H,18,19);1-5,10H,15H2,(H,18,19)/t;11-;/m.0./s1. The average molecular weight is 961 g/mol. The second kappa shape index (κ2) is 21.7. The maximum absolute atomic E-state index is 13.1. The Morgan fingerprint density at radius 1 is 0.924 bits per heavy atom. The number of sulfonamides is 1. The van der Waals surface area contributed by atoms with Crippen LogP contribution in [0.15, 0.2) is 85.1 Å². The van der Waals surface area contributed by atoms with E-state index in [9.17, 15) is 40.4 Å². The highest BCUT2D eigenvalue weighted by Crippen LogP contribution is 2.37. The molecule has 0 spiro atoms. The number of carbonyl (C=O) groups excluding carboxylic acids is 1. The van der Waals surface area contributed by atoms with Gasteiger partial charge in [0, 0.05) is 37.0 Å². The number of alkyl halides is 2. The third kappa shape index (κ3) is 14.1. The van der Waals surface area contributed by atoms with E-state index in [0.717, 1.165) is 30.0 Å². The SMILES string of the molecule is CC(C)(C)OC(=O)N[C@@H](Cc1cc(F)cc(F)c1)C(=O)O.COc1ccc(CN(c2nn(C)c3c(N)ccc(Cl)c23)S(C)(=O)=O)cc1.Nc1cc(-c2nccc(C(F)F)n2)ccc1C(=O)O. The zero-order valence-corrected chi connectivity index (χ0v) is 37.7. The number of anilines is 3. The number of halogens is 5. The summed E-state index contributed by atoms with van der Waals surface area (Å²) >= 11 is 6.34. The van der Waals surface area contributed by atoms with Crippen molar-refractivity contribution >= 4 is 67.8 Å². The van der Waals surface area contributed by atoms with Gasteiger partial charge in [-0.05, 0) is 86.5 Å². The highest BCUT2D eigenvalue weighted by atomic mass is 35.5. The quantitative estimate of drug-likeness (QED) is 0.0584. The van der Waals surface area contributed by atoms with Crippen LogP contribution in [0.3, 0.4) is 0 Å².